The molecule has 3 heterocycles. The van der Waals surface area contributed by atoms with Crippen LogP contribution in [0.1, 0.15) is 59.8 Å². The van der Waals surface area contributed by atoms with Crippen molar-refractivity contribution in [3.8, 4) is 0 Å². The molecule has 2 bridgehead atoms. The van der Waals surface area contributed by atoms with E-state index in [1.807, 2.05) is 6.92 Å². The zero-order chi connectivity index (χ0) is 22.1. The van der Waals surface area contributed by atoms with E-state index >= 15 is 0 Å². The van der Waals surface area contributed by atoms with E-state index in [-0.39, 0.29) is 48.2 Å². The Balaban J connectivity index is 1.96. The molecule has 3 fully saturated rings. The average Bonchev–Trinajstić information content (AvgIpc) is 3.26. The summed E-state index contributed by atoms with van der Waals surface area (Å²) < 4.78 is 4.75. The predicted molar refractivity (Wildman–Crippen MR) is 116 cm³/mol. The van der Waals surface area contributed by atoms with Gasteiger partial charge in [0.25, 0.3) is 0 Å². The fourth-order valence-corrected chi connectivity index (χ4v) is 8.20. The van der Waals surface area contributed by atoms with Gasteiger partial charge in [-0.3, -0.25) is 14.4 Å². The Kier molecular flexibility index (Phi) is 7.38. The van der Waals surface area contributed by atoms with E-state index in [1.54, 1.807) is 23.6 Å². The number of fused-ring (bicyclic) bond motifs is 1. The molecule has 4 unspecified atom stereocenters. The van der Waals surface area contributed by atoms with Gasteiger partial charge in [0.1, 0.15) is 6.04 Å². The van der Waals surface area contributed by atoms with Gasteiger partial charge >= 0.3 is 5.97 Å². The van der Waals surface area contributed by atoms with Gasteiger partial charge in [0, 0.05) is 24.4 Å². The molecule has 3 saturated heterocycles. The standard InChI is InChI=1S/C22H36N2O5S/c1-5-9-14(4)23-19(26)18-22-13(3)12-15(30-22)16(21(28)29-6-2)17(22)20(27)24(18)10-7-8-11-25/h13-18,25H,5-12H2,1-4H3,(H,23,26)/t13?,14?,15-,16+,17-,18?,22?/m0/s1. The minimum absolute atomic E-state index is 0.0240. The van der Waals surface area contributed by atoms with E-state index in [4.69, 9.17) is 4.74 Å². The van der Waals surface area contributed by atoms with Crippen LogP contribution in [0.15, 0.2) is 0 Å². The third kappa shape index (κ3) is 3.74. The first-order valence-electron chi connectivity index (χ1n) is 11.4. The highest BCUT2D eigenvalue weighted by atomic mass is 32.2. The monoisotopic (exact) mass is 440 g/mol. The third-order valence-electron chi connectivity index (χ3n) is 6.97. The molecule has 2 N–H and O–H groups in total. The zero-order valence-corrected chi connectivity index (χ0v) is 19.4. The van der Waals surface area contributed by atoms with Gasteiger partial charge in [0.15, 0.2) is 0 Å². The summed E-state index contributed by atoms with van der Waals surface area (Å²) >= 11 is 1.67. The maximum Gasteiger partial charge on any atom is 0.310 e. The zero-order valence-electron chi connectivity index (χ0n) is 18.6. The fraction of sp³-hybridized carbons (Fsp3) is 0.864. The van der Waals surface area contributed by atoms with Crippen LogP contribution < -0.4 is 5.32 Å². The lowest BCUT2D eigenvalue weighted by Crippen LogP contribution is -2.57. The second kappa shape index (κ2) is 9.47. The maximum atomic E-state index is 13.6. The minimum atomic E-state index is -0.589. The number of nitrogens with one attached hydrogen (secondary N) is 1. The normalized spacial score (nSPS) is 35.4. The number of hydrogen-bond donors (Lipinski definition) is 2. The number of aliphatic hydroxyl groups is 1. The number of likely N-dealkylation sites (tertiary alicyclic amines) is 1. The Hall–Kier alpha value is -1.28. The van der Waals surface area contributed by atoms with Gasteiger partial charge < -0.3 is 20.1 Å². The molecule has 0 radical (unpaired) electrons. The number of rotatable bonds is 10. The average molecular weight is 441 g/mol. The summed E-state index contributed by atoms with van der Waals surface area (Å²) in [4.78, 5) is 41.6. The highest BCUT2D eigenvalue weighted by Crippen LogP contribution is 2.68. The number of carbonyl (C=O) groups excluding carboxylic acids is 3. The fourth-order valence-electron chi connectivity index (χ4n) is 5.79. The number of esters is 1. The van der Waals surface area contributed by atoms with Crippen molar-refractivity contribution in [2.24, 2.45) is 17.8 Å². The topological polar surface area (TPSA) is 95.9 Å². The molecule has 2 amide bonds. The van der Waals surface area contributed by atoms with E-state index in [0.717, 1.165) is 19.3 Å². The molecule has 30 heavy (non-hydrogen) atoms. The van der Waals surface area contributed by atoms with Crippen molar-refractivity contribution in [1.82, 2.24) is 10.2 Å². The van der Waals surface area contributed by atoms with Crippen LogP contribution in [0.25, 0.3) is 0 Å². The molecule has 0 aromatic heterocycles. The molecule has 0 aliphatic carbocycles. The van der Waals surface area contributed by atoms with Crippen molar-refractivity contribution in [1.29, 1.82) is 0 Å². The molecule has 3 aliphatic heterocycles. The van der Waals surface area contributed by atoms with Crippen molar-refractivity contribution < 1.29 is 24.2 Å². The summed E-state index contributed by atoms with van der Waals surface area (Å²) in [7, 11) is 0. The predicted octanol–water partition coefficient (Wildman–Crippen LogP) is 1.96. The summed E-state index contributed by atoms with van der Waals surface area (Å²) in [5.74, 6) is -1.35. The molecular formula is C22H36N2O5S. The number of ether oxygens (including phenoxy) is 1. The van der Waals surface area contributed by atoms with Gasteiger partial charge in [-0.25, -0.2) is 0 Å². The number of amides is 2. The van der Waals surface area contributed by atoms with Crippen LogP contribution in [-0.4, -0.2) is 69.6 Å². The minimum Gasteiger partial charge on any atom is -0.466 e. The molecule has 3 aliphatic rings. The SMILES string of the molecule is CCCC(C)NC(=O)C1N(CCCCO)C(=O)[C@@H]2[C@H](C(=O)OCC)[C@@H]3CC(C)C12S3. The lowest BCUT2D eigenvalue weighted by atomic mass is 9.66. The molecule has 0 aromatic carbocycles. The molecule has 7 atom stereocenters. The number of thioether (sulfide) groups is 1. The summed E-state index contributed by atoms with van der Waals surface area (Å²) in [5, 5.41) is 12.3. The van der Waals surface area contributed by atoms with Crippen LogP contribution >= 0.6 is 11.8 Å². The van der Waals surface area contributed by atoms with E-state index in [0.29, 0.717) is 19.4 Å². The Morgan fingerprint density at radius 2 is 2.10 bits per heavy atom. The van der Waals surface area contributed by atoms with Gasteiger partial charge in [0.2, 0.25) is 11.8 Å². The van der Waals surface area contributed by atoms with Crippen LogP contribution in [0.5, 0.6) is 0 Å². The Bertz CT molecular complexity index is 674. The van der Waals surface area contributed by atoms with Crippen LogP contribution in [0.4, 0.5) is 0 Å². The molecule has 0 saturated carbocycles. The first-order chi connectivity index (χ1) is 14.3. The van der Waals surface area contributed by atoms with Gasteiger partial charge in [0.05, 0.1) is 23.2 Å². The number of unbranched alkanes of at least 4 members (excludes halogenated alkanes) is 1. The molecule has 170 valence electrons. The Morgan fingerprint density at radius 3 is 2.73 bits per heavy atom. The van der Waals surface area contributed by atoms with E-state index in [1.165, 1.54) is 0 Å². The molecular weight excluding hydrogens is 404 g/mol. The highest BCUT2D eigenvalue weighted by Gasteiger charge is 2.76. The summed E-state index contributed by atoms with van der Waals surface area (Å²) in [6, 6.07) is -0.551. The molecule has 1 spiro atoms. The van der Waals surface area contributed by atoms with Crippen LogP contribution in [-0.2, 0) is 19.1 Å². The third-order valence-corrected chi connectivity index (χ3v) is 9.05. The highest BCUT2D eigenvalue weighted by molar-refractivity contribution is 8.02. The summed E-state index contributed by atoms with van der Waals surface area (Å²) in [6.45, 7) is 8.73. The van der Waals surface area contributed by atoms with E-state index in [9.17, 15) is 19.5 Å². The summed E-state index contributed by atoms with van der Waals surface area (Å²) in [5.41, 5.74) is 0. The van der Waals surface area contributed by atoms with Crippen molar-refractivity contribution in [3.63, 3.8) is 0 Å². The quantitative estimate of drug-likeness (QED) is 0.398. The van der Waals surface area contributed by atoms with Gasteiger partial charge in [-0.05, 0) is 45.4 Å². The molecule has 3 rings (SSSR count). The second-order valence-corrected chi connectivity index (χ2v) is 10.5. The van der Waals surface area contributed by atoms with E-state index in [2.05, 4.69) is 19.2 Å². The lowest BCUT2D eigenvalue weighted by Gasteiger charge is -2.39. The van der Waals surface area contributed by atoms with Gasteiger partial charge in [-0.1, -0.05) is 20.3 Å². The van der Waals surface area contributed by atoms with Crippen molar-refractivity contribution in [2.45, 2.75) is 81.9 Å². The Morgan fingerprint density at radius 1 is 1.37 bits per heavy atom. The smallest absolute Gasteiger partial charge is 0.310 e. The van der Waals surface area contributed by atoms with Crippen LogP contribution in [0, 0.1) is 17.8 Å². The number of carbonyl (C=O) groups is 3. The molecule has 8 heteroatoms. The van der Waals surface area contributed by atoms with Crippen LogP contribution in [0.2, 0.25) is 0 Å². The maximum absolute atomic E-state index is 13.6. The van der Waals surface area contributed by atoms with Crippen molar-refractivity contribution in [3.05, 3.63) is 0 Å². The second-order valence-electron chi connectivity index (χ2n) is 8.97. The molecule has 7 nitrogen and oxygen atoms in total. The van der Waals surface area contributed by atoms with Gasteiger partial charge in [-0.2, -0.15) is 0 Å². The number of nitrogens with zero attached hydrogens (tertiary/aromatic N) is 1. The first kappa shape index (κ1) is 23.4. The molecule has 0 aromatic rings. The van der Waals surface area contributed by atoms with Crippen molar-refractivity contribution >= 4 is 29.5 Å². The van der Waals surface area contributed by atoms with Crippen LogP contribution in [0.3, 0.4) is 0 Å². The Labute approximate surface area is 183 Å². The van der Waals surface area contributed by atoms with Crippen molar-refractivity contribution in [2.75, 3.05) is 19.8 Å². The van der Waals surface area contributed by atoms with Gasteiger partial charge in [-0.15, -0.1) is 11.8 Å². The number of hydrogen-bond acceptors (Lipinski definition) is 6. The number of aliphatic hydroxyl groups excluding tert-OH is 1. The largest absolute Gasteiger partial charge is 0.466 e. The first-order valence-corrected chi connectivity index (χ1v) is 12.3. The van der Waals surface area contributed by atoms with E-state index < -0.39 is 22.6 Å². The lowest BCUT2D eigenvalue weighted by molar-refractivity contribution is -0.154. The summed E-state index contributed by atoms with van der Waals surface area (Å²) in [6.07, 6.45) is 3.87.